The van der Waals surface area contributed by atoms with Crippen LogP contribution in [-0.2, 0) is 4.79 Å². The maximum atomic E-state index is 14.6. The number of likely N-dealkylation sites (tertiary alicyclic amines) is 1. The van der Waals surface area contributed by atoms with E-state index >= 15 is 0 Å². The third-order valence-electron chi connectivity index (χ3n) is 5.87. The first-order valence-corrected chi connectivity index (χ1v) is 10.8. The second-order valence-electron chi connectivity index (χ2n) is 8.37. The Morgan fingerprint density at radius 2 is 2.03 bits per heavy atom. The molecule has 3 aromatic rings. The van der Waals surface area contributed by atoms with Crippen molar-refractivity contribution in [2.24, 2.45) is 5.92 Å². The molecule has 1 aromatic heterocycles. The highest BCUT2D eigenvalue weighted by atomic mass is 19.1. The number of hydrogen-bond acceptors (Lipinski definition) is 5. The van der Waals surface area contributed by atoms with Crippen LogP contribution >= 0.6 is 0 Å². The number of amides is 2. The van der Waals surface area contributed by atoms with E-state index in [1.807, 2.05) is 19.1 Å². The number of benzene rings is 2. The molecule has 9 heteroatoms. The number of pyridine rings is 1. The minimum absolute atomic E-state index is 0.00946. The minimum Gasteiger partial charge on any atom is -0.490 e. The molecule has 1 N–H and O–H groups in total. The molecule has 2 aliphatic rings. The lowest BCUT2D eigenvalue weighted by molar-refractivity contribution is -0.118. The molecule has 2 amide bonds. The van der Waals surface area contributed by atoms with Gasteiger partial charge >= 0.3 is 0 Å². The molecule has 0 radical (unpaired) electrons. The molecular formula is C25H21F2N3O4. The summed E-state index contributed by atoms with van der Waals surface area (Å²) in [6.07, 6.45) is 1.66. The van der Waals surface area contributed by atoms with Crippen molar-refractivity contribution >= 4 is 17.5 Å². The average Bonchev–Trinajstić information content (AvgIpc) is 2.79. The Kier molecular flexibility index (Phi) is 5.61. The standard InChI is InChI=1S/C25H21F2N3O4/c1-14-3-2-6-28-24(14)16-4-5-21(19(27)7-16)33-12-15-10-30(11-15)25(32)17-8-20-22(9-18(17)26)34-13-23(31)29-20/h2-9,15H,10-13H2,1H3,(H,29,31). The Morgan fingerprint density at radius 1 is 1.21 bits per heavy atom. The number of nitrogens with one attached hydrogen (secondary N) is 1. The first-order chi connectivity index (χ1) is 16.4. The summed E-state index contributed by atoms with van der Waals surface area (Å²) in [4.78, 5) is 30.0. The minimum atomic E-state index is -0.718. The number of aryl methyl sites for hydroxylation is 1. The Balaban J connectivity index is 1.18. The number of ether oxygens (including phenoxy) is 2. The highest BCUT2D eigenvalue weighted by Gasteiger charge is 2.34. The Morgan fingerprint density at radius 3 is 2.79 bits per heavy atom. The summed E-state index contributed by atoms with van der Waals surface area (Å²) in [5.74, 6) is -1.76. The molecule has 5 rings (SSSR count). The third-order valence-corrected chi connectivity index (χ3v) is 5.87. The van der Waals surface area contributed by atoms with E-state index in [4.69, 9.17) is 9.47 Å². The van der Waals surface area contributed by atoms with Crippen LogP contribution in [0.5, 0.6) is 11.5 Å². The van der Waals surface area contributed by atoms with Gasteiger partial charge in [-0.2, -0.15) is 0 Å². The fraction of sp³-hybridized carbons (Fsp3) is 0.240. The van der Waals surface area contributed by atoms with Crippen LogP contribution in [0.15, 0.2) is 48.7 Å². The second-order valence-corrected chi connectivity index (χ2v) is 8.37. The van der Waals surface area contributed by atoms with E-state index < -0.39 is 17.5 Å². The molecule has 7 nitrogen and oxygen atoms in total. The van der Waals surface area contributed by atoms with Gasteiger partial charge in [0.25, 0.3) is 11.8 Å². The molecule has 0 atom stereocenters. The van der Waals surface area contributed by atoms with Crippen LogP contribution in [0.25, 0.3) is 11.3 Å². The van der Waals surface area contributed by atoms with Gasteiger partial charge in [-0.25, -0.2) is 8.78 Å². The van der Waals surface area contributed by atoms with E-state index in [-0.39, 0.29) is 47.8 Å². The molecular weight excluding hydrogens is 444 g/mol. The number of nitrogens with zero attached hydrogens (tertiary/aromatic N) is 2. The van der Waals surface area contributed by atoms with Crippen LogP contribution in [0.2, 0.25) is 0 Å². The molecule has 3 heterocycles. The number of carbonyl (C=O) groups is 2. The summed E-state index contributed by atoms with van der Waals surface area (Å²) in [6.45, 7) is 2.64. The molecule has 1 saturated heterocycles. The number of aromatic nitrogens is 1. The SMILES string of the molecule is Cc1cccnc1-c1ccc(OCC2CN(C(=O)c3cc4c(cc3F)OCC(=O)N4)C2)c(F)c1. The summed E-state index contributed by atoms with van der Waals surface area (Å²) in [7, 11) is 0. The predicted molar refractivity (Wildman–Crippen MR) is 120 cm³/mol. The number of rotatable bonds is 5. The molecule has 34 heavy (non-hydrogen) atoms. The van der Waals surface area contributed by atoms with Gasteiger partial charge in [-0.3, -0.25) is 14.6 Å². The van der Waals surface area contributed by atoms with Gasteiger partial charge in [0.2, 0.25) is 0 Å². The summed E-state index contributed by atoms with van der Waals surface area (Å²) in [5, 5.41) is 2.57. The van der Waals surface area contributed by atoms with Crippen LogP contribution in [-0.4, -0.2) is 48.0 Å². The molecule has 2 aliphatic heterocycles. The molecule has 174 valence electrons. The van der Waals surface area contributed by atoms with Gasteiger partial charge in [0.1, 0.15) is 11.6 Å². The van der Waals surface area contributed by atoms with Crippen molar-refractivity contribution in [3.8, 4) is 22.8 Å². The van der Waals surface area contributed by atoms with E-state index in [0.29, 0.717) is 24.3 Å². The summed E-state index contributed by atoms with van der Waals surface area (Å²) < 4.78 is 39.8. The third kappa shape index (κ3) is 4.16. The van der Waals surface area contributed by atoms with Crippen molar-refractivity contribution in [1.29, 1.82) is 0 Å². The van der Waals surface area contributed by atoms with E-state index in [1.54, 1.807) is 18.3 Å². The normalized spacial score (nSPS) is 15.1. The fourth-order valence-electron chi connectivity index (χ4n) is 4.04. The summed E-state index contributed by atoms with van der Waals surface area (Å²) in [5.41, 5.74) is 2.44. The highest BCUT2D eigenvalue weighted by Crippen LogP contribution is 2.32. The number of anilines is 1. The average molecular weight is 465 g/mol. The van der Waals surface area contributed by atoms with Crippen LogP contribution in [0.4, 0.5) is 14.5 Å². The van der Waals surface area contributed by atoms with Crippen LogP contribution in [0, 0.1) is 24.5 Å². The zero-order valence-corrected chi connectivity index (χ0v) is 18.3. The lowest BCUT2D eigenvalue weighted by Gasteiger charge is -2.39. The maximum absolute atomic E-state index is 14.6. The lowest BCUT2D eigenvalue weighted by atomic mass is 9.99. The molecule has 0 saturated carbocycles. The molecule has 0 unspecified atom stereocenters. The quantitative estimate of drug-likeness (QED) is 0.620. The van der Waals surface area contributed by atoms with Crippen molar-refractivity contribution in [3.05, 3.63) is 71.4 Å². The second kappa shape index (κ2) is 8.74. The summed E-state index contributed by atoms with van der Waals surface area (Å²) in [6, 6.07) is 10.8. The van der Waals surface area contributed by atoms with E-state index in [0.717, 1.165) is 11.6 Å². The Bertz CT molecular complexity index is 1290. The number of halogens is 2. The molecule has 1 fully saturated rings. The van der Waals surface area contributed by atoms with Gasteiger partial charge in [0.05, 0.1) is 23.6 Å². The van der Waals surface area contributed by atoms with Crippen molar-refractivity contribution in [1.82, 2.24) is 9.88 Å². The van der Waals surface area contributed by atoms with Gasteiger partial charge in [-0.15, -0.1) is 0 Å². The Labute approximate surface area is 194 Å². The molecule has 0 bridgehead atoms. The van der Waals surface area contributed by atoms with E-state index in [1.165, 1.54) is 17.0 Å². The van der Waals surface area contributed by atoms with Crippen molar-refractivity contribution in [2.75, 3.05) is 31.6 Å². The molecule has 0 aliphatic carbocycles. The van der Waals surface area contributed by atoms with E-state index in [9.17, 15) is 18.4 Å². The first-order valence-electron chi connectivity index (χ1n) is 10.8. The van der Waals surface area contributed by atoms with Gasteiger partial charge in [0.15, 0.2) is 18.2 Å². The van der Waals surface area contributed by atoms with Crippen molar-refractivity contribution < 1.29 is 27.8 Å². The van der Waals surface area contributed by atoms with Crippen LogP contribution in [0.3, 0.4) is 0 Å². The maximum Gasteiger partial charge on any atom is 0.262 e. The number of hydrogen-bond donors (Lipinski definition) is 1. The van der Waals surface area contributed by atoms with Gasteiger partial charge < -0.3 is 19.7 Å². The smallest absolute Gasteiger partial charge is 0.262 e. The number of carbonyl (C=O) groups excluding carboxylic acids is 2. The van der Waals surface area contributed by atoms with Crippen LogP contribution in [0.1, 0.15) is 15.9 Å². The fourth-order valence-corrected chi connectivity index (χ4v) is 4.04. The predicted octanol–water partition coefficient (Wildman–Crippen LogP) is 3.82. The monoisotopic (exact) mass is 465 g/mol. The number of fused-ring (bicyclic) bond motifs is 1. The van der Waals surface area contributed by atoms with Gasteiger partial charge in [-0.05, 0) is 42.8 Å². The van der Waals surface area contributed by atoms with Crippen molar-refractivity contribution in [2.45, 2.75) is 6.92 Å². The lowest BCUT2D eigenvalue weighted by Crippen LogP contribution is -2.52. The van der Waals surface area contributed by atoms with Crippen LogP contribution < -0.4 is 14.8 Å². The first kappa shape index (κ1) is 21.8. The van der Waals surface area contributed by atoms with Crippen molar-refractivity contribution in [3.63, 3.8) is 0 Å². The Hall–Kier alpha value is -4.01. The zero-order valence-electron chi connectivity index (χ0n) is 18.3. The van der Waals surface area contributed by atoms with Gasteiger partial charge in [-0.1, -0.05) is 6.07 Å². The van der Waals surface area contributed by atoms with E-state index in [2.05, 4.69) is 10.3 Å². The van der Waals surface area contributed by atoms with Gasteiger partial charge in [0, 0.05) is 36.8 Å². The zero-order chi connectivity index (χ0) is 23.8. The topological polar surface area (TPSA) is 80.8 Å². The highest BCUT2D eigenvalue weighted by molar-refractivity contribution is 6.00. The largest absolute Gasteiger partial charge is 0.490 e. The summed E-state index contributed by atoms with van der Waals surface area (Å²) >= 11 is 0. The molecule has 2 aromatic carbocycles. The molecule has 0 spiro atoms.